The molecule has 0 bridgehead atoms. The number of carboxylic acids is 1. The van der Waals surface area contributed by atoms with Crippen molar-refractivity contribution in [3.05, 3.63) is 63.6 Å². The number of aromatic carboxylic acids is 1. The van der Waals surface area contributed by atoms with Crippen LogP contribution in [0.2, 0.25) is 0 Å². The summed E-state index contributed by atoms with van der Waals surface area (Å²) in [7, 11) is 0. The average molecular weight is 473 g/mol. The van der Waals surface area contributed by atoms with Crippen LogP contribution in [0.15, 0.2) is 46.9 Å². The van der Waals surface area contributed by atoms with Gasteiger partial charge in [0.25, 0.3) is 0 Å². The van der Waals surface area contributed by atoms with E-state index in [1.807, 2.05) is 6.07 Å². The predicted octanol–water partition coefficient (Wildman–Crippen LogP) is 5.29. The Balaban J connectivity index is 2.06. The van der Waals surface area contributed by atoms with E-state index in [1.165, 1.54) is 19.3 Å². The van der Waals surface area contributed by atoms with Crippen molar-refractivity contribution < 1.29 is 14.7 Å². The minimum absolute atomic E-state index is 0.0757. The molecule has 0 saturated carbocycles. The molecular weight excluding hydrogens is 444 g/mol. The molecule has 2 atom stereocenters. The molecule has 30 heavy (non-hydrogen) atoms. The van der Waals surface area contributed by atoms with E-state index in [-0.39, 0.29) is 17.4 Å². The number of benzene rings is 2. The maximum Gasteiger partial charge on any atom is 0.335 e. The highest BCUT2D eigenvalue weighted by Crippen LogP contribution is 2.42. The summed E-state index contributed by atoms with van der Waals surface area (Å²) >= 11 is 3.61. The SMILES string of the molecule is CCCC(c1ccc(Br)cc1N1CCCCC1)C(C(N)=O)c1ccc(C(=O)O)cc1. The summed E-state index contributed by atoms with van der Waals surface area (Å²) in [6.45, 7) is 4.13. The number of rotatable bonds is 8. The van der Waals surface area contributed by atoms with Crippen molar-refractivity contribution in [3.8, 4) is 0 Å². The highest BCUT2D eigenvalue weighted by Gasteiger charge is 2.32. The summed E-state index contributed by atoms with van der Waals surface area (Å²) in [5.41, 5.74) is 9.17. The quantitative estimate of drug-likeness (QED) is 0.546. The number of primary amides is 1. The first kappa shape index (κ1) is 22.3. The molecule has 2 unspecified atom stereocenters. The highest BCUT2D eigenvalue weighted by atomic mass is 79.9. The molecule has 3 rings (SSSR count). The molecule has 2 aromatic carbocycles. The van der Waals surface area contributed by atoms with Gasteiger partial charge in [0.15, 0.2) is 0 Å². The summed E-state index contributed by atoms with van der Waals surface area (Å²) < 4.78 is 1.02. The lowest BCUT2D eigenvalue weighted by Gasteiger charge is -2.34. The number of piperidine rings is 1. The lowest BCUT2D eigenvalue weighted by molar-refractivity contribution is -0.120. The number of carboxylic acid groups (broad SMARTS) is 1. The Bertz CT molecular complexity index is 892. The first-order chi connectivity index (χ1) is 14.4. The standard InChI is InChI=1S/C24H29BrN2O3/c1-2-6-20(22(23(26)28)16-7-9-17(10-8-16)24(29)30)19-12-11-18(25)15-21(19)27-13-4-3-5-14-27/h7-12,15,20,22H,2-6,13-14H2,1H3,(H2,26,28)(H,29,30). The highest BCUT2D eigenvalue weighted by molar-refractivity contribution is 9.10. The molecule has 1 aliphatic rings. The molecule has 1 fully saturated rings. The van der Waals surface area contributed by atoms with Gasteiger partial charge in [0.2, 0.25) is 5.91 Å². The van der Waals surface area contributed by atoms with Crippen LogP contribution in [-0.2, 0) is 4.79 Å². The number of hydrogen-bond acceptors (Lipinski definition) is 3. The van der Waals surface area contributed by atoms with E-state index in [9.17, 15) is 14.7 Å². The normalized spacial score (nSPS) is 16.1. The first-order valence-electron chi connectivity index (χ1n) is 10.6. The zero-order chi connectivity index (χ0) is 21.7. The fourth-order valence-corrected chi connectivity index (χ4v) is 4.83. The largest absolute Gasteiger partial charge is 0.478 e. The maximum atomic E-state index is 12.6. The van der Waals surface area contributed by atoms with Crippen molar-refractivity contribution in [2.75, 3.05) is 18.0 Å². The van der Waals surface area contributed by atoms with Crippen molar-refractivity contribution in [1.29, 1.82) is 0 Å². The molecule has 0 aromatic heterocycles. The van der Waals surface area contributed by atoms with Crippen LogP contribution in [-0.4, -0.2) is 30.1 Å². The molecule has 1 aliphatic heterocycles. The number of nitrogens with zero attached hydrogens (tertiary/aromatic N) is 1. The summed E-state index contributed by atoms with van der Waals surface area (Å²) in [4.78, 5) is 26.3. The van der Waals surface area contributed by atoms with Crippen LogP contribution in [0.4, 0.5) is 5.69 Å². The van der Waals surface area contributed by atoms with Crippen LogP contribution in [0, 0.1) is 0 Å². The van der Waals surface area contributed by atoms with Crippen molar-refractivity contribution in [2.24, 2.45) is 5.73 Å². The van der Waals surface area contributed by atoms with E-state index >= 15 is 0 Å². The van der Waals surface area contributed by atoms with Crippen LogP contribution in [0.3, 0.4) is 0 Å². The van der Waals surface area contributed by atoms with E-state index in [1.54, 1.807) is 24.3 Å². The first-order valence-corrected chi connectivity index (χ1v) is 11.4. The number of amides is 1. The molecule has 6 heteroatoms. The molecule has 0 radical (unpaired) electrons. The average Bonchev–Trinajstić information content (AvgIpc) is 2.74. The van der Waals surface area contributed by atoms with Crippen LogP contribution >= 0.6 is 15.9 Å². The number of hydrogen-bond donors (Lipinski definition) is 2. The Kier molecular flexibility index (Phi) is 7.53. The second-order valence-corrected chi connectivity index (χ2v) is 8.87. The van der Waals surface area contributed by atoms with Gasteiger partial charge in [-0.2, -0.15) is 0 Å². The van der Waals surface area contributed by atoms with Crippen molar-refractivity contribution in [3.63, 3.8) is 0 Å². The lowest BCUT2D eigenvalue weighted by Crippen LogP contribution is -2.32. The predicted molar refractivity (Wildman–Crippen MR) is 123 cm³/mol. The van der Waals surface area contributed by atoms with Crippen LogP contribution in [0.25, 0.3) is 0 Å². The van der Waals surface area contributed by atoms with Gasteiger partial charge in [-0.05, 0) is 61.1 Å². The summed E-state index contributed by atoms with van der Waals surface area (Å²) in [5.74, 6) is -1.96. The smallest absolute Gasteiger partial charge is 0.335 e. The topological polar surface area (TPSA) is 83.6 Å². The fraction of sp³-hybridized carbons (Fsp3) is 0.417. The molecule has 0 spiro atoms. The van der Waals surface area contributed by atoms with E-state index in [2.05, 4.69) is 39.9 Å². The van der Waals surface area contributed by atoms with Gasteiger partial charge >= 0.3 is 5.97 Å². The van der Waals surface area contributed by atoms with Gasteiger partial charge in [-0.25, -0.2) is 4.79 Å². The summed E-state index contributed by atoms with van der Waals surface area (Å²) in [5, 5.41) is 9.20. The van der Waals surface area contributed by atoms with Crippen LogP contribution in [0.5, 0.6) is 0 Å². The summed E-state index contributed by atoms with van der Waals surface area (Å²) in [6, 6.07) is 12.8. The van der Waals surface area contributed by atoms with E-state index in [4.69, 9.17) is 5.73 Å². The monoisotopic (exact) mass is 472 g/mol. The van der Waals surface area contributed by atoms with E-state index in [0.29, 0.717) is 0 Å². The zero-order valence-electron chi connectivity index (χ0n) is 17.3. The third-order valence-electron chi connectivity index (χ3n) is 5.91. The molecule has 0 aliphatic carbocycles. The van der Waals surface area contributed by atoms with Gasteiger partial charge in [0.05, 0.1) is 11.5 Å². The Morgan fingerprint density at radius 3 is 2.33 bits per heavy atom. The molecule has 1 amide bonds. The molecule has 5 nitrogen and oxygen atoms in total. The van der Waals surface area contributed by atoms with Gasteiger partial charge in [-0.15, -0.1) is 0 Å². The lowest BCUT2D eigenvalue weighted by atomic mass is 9.77. The fourth-order valence-electron chi connectivity index (χ4n) is 4.48. The van der Waals surface area contributed by atoms with Gasteiger partial charge in [0.1, 0.15) is 0 Å². The van der Waals surface area contributed by atoms with Crippen molar-refractivity contribution in [2.45, 2.75) is 50.9 Å². The number of halogens is 1. The molecule has 2 aromatic rings. The molecule has 3 N–H and O–H groups in total. The zero-order valence-corrected chi connectivity index (χ0v) is 18.9. The van der Waals surface area contributed by atoms with Crippen molar-refractivity contribution in [1.82, 2.24) is 0 Å². The third-order valence-corrected chi connectivity index (χ3v) is 6.41. The minimum atomic E-state index is -0.984. The molecule has 1 saturated heterocycles. The second kappa shape index (κ2) is 10.1. The summed E-state index contributed by atoms with van der Waals surface area (Å²) in [6.07, 6.45) is 5.31. The Labute approximate surface area is 186 Å². The number of carbonyl (C=O) groups excluding carboxylic acids is 1. The molecule has 160 valence electrons. The van der Waals surface area contributed by atoms with Crippen LogP contribution in [0.1, 0.15) is 72.3 Å². The Morgan fingerprint density at radius 2 is 1.77 bits per heavy atom. The minimum Gasteiger partial charge on any atom is -0.478 e. The second-order valence-electron chi connectivity index (χ2n) is 7.95. The Morgan fingerprint density at radius 1 is 1.10 bits per heavy atom. The van der Waals surface area contributed by atoms with E-state index in [0.717, 1.165) is 47.2 Å². The Hall–Kier alpha value is -2.34. The number of anilines is 1. The van der Waals surface area contributed by atoms with Gasteiger partial charge in [0, 0.05) is 29.2 Å². The van der Waals surface area contributed by atoms with Gasteiger partial charge in [-0.1, -0.05) is 47.5 Å². The molecular formula is C24H29BrN2O3. The van der Waals surface area contributed by atoms with E-state index < -0.39 is 11.9 Å². The number of carbonyl (C=O) groups is 2. The van der Waals surface area contributed by atoms with Gasteiger partial charge in [-0.3, -0.25) is 4.79 Å². The maximum absolute atomic E-state index is 12.6. The van der Waals surface area contributed by atoms with Crippen LogP contribution < -0.4 is 10.6 Å². The third kappa shape index (κ3) is 5.04. The van der Waals surface area contributed by atoms with Crippen molar-refractivity contribution >= 4 is 33.5 Å². The van der Waals surface area contributed by atoms with Gasteiger partial charge < -0.3 is 15.7 Å². The number of nitrogens with two attached hydrogens (primary N) is 1. The molecule has 1 heterocycles.